The number of amides is 1. The van der Waals surface area contributed by atoms with Gasteiger partial charge in [0.2, 0.25) is 5.91 Å². The fourth-order valence-corrected chi connectivity index (χ4v) is 2.57. The van der Waals surface area contributed by atoms with Crippen molar-refractivity contribution < 1.29 is 9.53 Å². The van der Waals surface area contributed by atoms with E-state index in [0.717, 1.165) is 16.3 Å². The zero-order chi connectivity index (χ0) is 15.2. The molecule has 0 saturated heterocycles. The van der Waals surface area contributed by atoms with Gasteiger partial charge in [0.1, 0.15) is 5.75 Å². The molecule has 0 radical (unpaired) electrons. The predicted molar refractivity (Wildman–Crippen MR) is 88.0 cm³/mol. The molecular weight excluding hydrogens is 284 g/mol. The molecule has 5 heteroatoms. The fourth-order valence-electron chi connectivity index (χ4n) is 1.76. The first-order valence-corrected chi connectivity index (χ1v) is 7.47. The number of nitrogens with two attached hydrogens (primary N) is 1. The SMILES string of the molecule is COc1ccc(SCC(=O)N(C)c2ccc(N)cc2)cc1. The van der Waals surface area contributed by atoms with E-state index in [-0.39, 0.29) is 5.91 Å². The molecule has 0 saturated carbocycles. The van der Waals surface area contributed by atoms with Crippen LogP contribution in [-0.4, -0.2) is 25.8 Å². The molecule has 0 unspecified atom stereocenters. The van der Waals surface area contributed by atoms with Crippen molar-refractivity contribution in [3.05, 3.63) is 48.5 Å². The number of thioether (sulfide) groups is 1. The molecule has 0 aliphatic heterocycles. The summed E-state index contributed by atoms with van der Waals surface area (Å²) in [5.41, 5.74) is 7.17. The maximum Gasteiger partial charge on any atom is 0.237 e. The molecular formula is C16H18N2O2S. The number of nitrogen functional groups attached to an aromatic ring is 1. The molecule has 0 atom stereocenters. The minimum atomic E-state index is 0.0422. The van der Waals surface area contributed by atoms with Gasteiger partial charge in [-0.1, -0.05) is 0 Å². The number of methoxy groups -OCH3 is 1. The Labute approximate surface area is 128 Å². The van der Waals surface area contributed by atoms with Gasteiger partial charge in [0.25, 0.3) is 0 Å². The van der Waals surface area contributed by atoms with Crippen LogP contribution in [0.5, 0.6) is 5.75 Å². The highest BCUT2D eigenvalue weighted by molar-refractivity contribution is 8.00. The van der Waals surface area contributed by atoms with E-state index < -0.39 is 0 Å². The Kier molecular flexibility index (Phi) is 5.11. The highest BCUT2D eigenvalue weighted by Crippen LogP contribution is 2.22. The highest BCUT2D eigenvalue weighted by atomic mass is 32.2. The Morgan fingerprint density at radius 1 is 1.14 bits per heavy atom. The summed E-state index contributed by atoms with van der Waals surface area (Å²) in [6, 6.07) is 14.9. The number of carbonyl (C=O) groups excluding carboxylic acids is 1. The minimum absolute atomic E-state index is 0.0422. The monoisotopic (exact) mass is 302 g/mol. The zero-order valence-electron chi connectivity index (χ0n) is 12.1. The van der Waals surface area contributed by atoms with Gasteiger partial charge in [0, 0.05) is 23.3 Å². The van der Waals surface area contributed by atoms with E-state index in [1.54, 1.807) is 31.2 Å². The first-order chi connectivity index (χ1) is 10.1. The topological polar surface area (TPSA) is 55.6 Å². The molecule has 21 heavy (non-hydrogen) atoms. The predicted octanol–water partition coefficient (Wildman–Crippen LogP) is 3.03. The van der Waals surface area contributed by atoms with Crippen molar-refractivity contribution in [3.8, 4) is 5.75 Å². The smallest absolute Gasteiger partial charge is 0.237 e. The third-order valence-electron chi connectivity index (χ3n) is 3.08. The van der Waals surface area contributed by atoms with Crippen LogP contribution in [0.1, 0.15) is 0 Å². The zero-order valence-corrected chi connectivity index (χ0v) is 12.9. The Balaban J connectivity index is 1.92. The van der Waals surface area contributed by atoms with Crippen molar-refractivity contribution in [2.75, 3.05) is 30.5 Å². The second-order valence-corrected chi connectivity index (χ2v) is 5.56. The van der Waals surface area contributed by atoms with Crippen molar-refractivity contribution in [3.63, 3.8) is 0 Å². The van der Waals surface area contributed by atoms with Gasteiger partial charge < -0.3 is 15.4 Å². The molecule has 4 nitrogen and oxygen atoms in total. The second-order valence-electron chi connectivity index (χ2n) is 4.51. The summed E-state index contributed by atoms with van der Waals surface area (Å²) >= 11 is 1.50. The van der Waals surface area contributed by atoms with E-state index in [9.17, 15) is 4.79 Å². The summed E-state index contributed by atoms with van der Waals surface area (Å²) in [6.07, 6.45) is 0. The van der Waals surface area contributed by atoms with Crippen LogP contribution in [-0.2, 0) is 4.79 Å². The van der Waals surface area contributed by atoms with Crippen LogP contribution in [0.25, 0.3) is 0 Å². The van der Waals surface area contributed by atoms with E-state index in [1.807, 2.05) is 36.4 Å². The van der Waals surface area contributed by atoms with Crippen LogP contribution in [0.15, 0.2) is 53.4 Å². The molecule has 2 aromatic rings. The molecule has 2 rings (SSSR count). The highest BCUT2D eigenvalue weighted by Gasteiger charge is 2.11. The lowest BCUT2D eigenvalue weighted by atomic mass is 10.2. The number of benzene rings is 2. The van der Waals surface area contributed by atoms with Crippen LogP contribution in [0.2, 0.25) is 0 Å². The van der Waals surface area contributed by atoms with Gasteiger partial charge >= 0.3 is 0 Å². The molecule has 0 heterocycles. The largest absolute Gasteiger partial charge is 0.497 e. The number of rotatable bonds is 5. The van der Waals surface area contributed by atoms with Gasteiger partial charge in [0.15, 0.2) is 0 Å². The maximum atomic E-state index is 12.2. The van der Waals surface area contributed by atoms with E-state index in [2.05, 4.69) is 0 Å². The van der Waals surface area contributed by atoms with Gasteiger partial charge in [-0.3, -0.25) is 4.79 Å². The number of anilines is 2. The Bertz CT molecular complexity index is 597. The van der Waals surface area contributed by atoms with Crippen molar-refractivity contribution in [2.45, 2.75) is 4.90 Å². The second kappa shape index (κ2) is 7.04. The van der Waals surface area contributed by atoms with E-state index >= 15 is 0 Å². The van der Waals surface area contributed by atoms with Gasteiger partial charge in [-0.2, -0.15) is 0 Å². The van der Waals surface area contributed by atoms with Crippen molar-refractivity contribution >= 4 is 29.0 Å². The lowest BCUT2D eigenvalue weighted by molar-refractivity contribution is -0.115. The molecule has 2 N–H and O–H groups in total. The Hall–Kier alpha value is -2.14. The summed E-state index contributed by atoms with van der Waals surface area (Å²) in [7, 11) is 3.40. The third kappa shape index (κ3) is 4.16. The lowest BCUT2D eigenvalue weighted by Crippen LogP contribution is -2.27. The molecule has 0 aliphatic rings. The van der Waals surface area contributed by atoms with E-state index in [4.69, 9.17) is 10.5 Å². The standard InChI is InChI=1S/C16H18N2O2S/c1-18(13-5-3-12(17)4-6-13)16(19)11-21-15-9-7-14(20-2)8-10-15/h3-10H,11,17H2,1-2H3. The molecule has 0 spiro atoms. The summed E-state index contributed by atoms with van der Waals surface area (Å²) in [6.45, 7) is 0. The Morgan fingerprint density at radius 2 is 1.76 bits per heavy atom. The van der Waals surface area contributed by atoms with Gasteiger partial charge in [-0.25, -0.2) is 0 Å². The molecule has 1 amide bonds. The molecule has 0 aromatic heterocycles. The molecule has 0 fully saturated rings. The summed E-state index contributed by atoms with van der Waals surface area (Å²) in [5, 5.41) is 0. The summed E-state index contributed by atoms with van der Waals surface area (Å²) < 4.78 is 5.11. The first kappa shape index (κ1) is 15.3. The molecule has 2 aromatic carbocycles. The quantitative estimate of drug-likeness (QED) is 0.681. The normalized spacial score (nSPS) is 10.2. The lowest BCUT2D eigenvalue weighted by Gasteiger charge is -2.17. The average Bonchev–Trinajstić information content (AvgIpc) is 2.53. The van der Waals surface area contributed by atoms with Crippen molar-refractivity contribution in [1.29, 1.82) is 0 Å². The van der Waals surface area contributed by atoms with E-state index in [1.165, 1.54) is 11.8 Å². The van der Waals surface area contributed by atoms with Crippen LogP contribution < -0.4 is 15.4 Å². The summed E-state index contributed by atoms with van der Waals surface area (Å²) in [4.78, 5) is 14.8. The molecule has 110 valence electrons. The van der Waals surface area contributed by atoms with Gasteiger partial charge in [-0.15, -0.1) is 11.8 Å². The van der Waals surface area contributed by atoms with Crippen LogP contribution >= 0.6 is 11.8 Å². The Morgan fingerprint density at radius 3 is 2.33 bits per heavy atom. The third-order valence-corrected chi connectivity index (χ3v) is 4.07. The number of hydrogen-bond donors (Lipinski definition) is 1. The van der Waals surface area contributed by atoms with Gasteiger partial charge in [-0.05, 0) is 48.5 Å². The molecule has 0 aliphatic carbocycles. The van der Waals surface area contributed by atoms with Crippen LogP contribution in [0.3, 0.4) is 0 Å². The first-order valence-electron chi connectivity index (χ1n) is 6.49. The maximum absolute atomic E-state index is 12.2. The number of ether oxygens (including phenoxy) is 1. The van der Waals surface area contributed by atoms with Gasteiger partial charge in [0.05, 0.1) is 12.9 Å². The van der Waals surface area contributed by atoms with E-state index in [0.29, 0.717) is 11.4 Å². The minimum Gasteiger partial charge on any atom is -0.497 e. The molecule has 0 bridgehead atoms. The van der Waals surface area contributed by atoms with Crippen LogP contribution in [0.4, 0.5) is 11.4 Å². The average molecular weight is 302 g/mol. The summed E-state index contributed by atoms with van der Waals surface area (Å²) in [5.74, 6) is 1.23. The number of hydrogen-bond acceptors (Lipinski definition) is 4. The van der Waals surface area contributed by atoms with Crippen molar-refractivity contribution in [1.82, 2.24) is 0 Å². The number of carbonyl (C=O) groups is 1. The number of nitrogens with zero attached hydrogens (tertiary/aromatic N) is 1. The fraction of sp³-hybridized carbons (Fsp3) is 0.188. The van der Waals surface area contributed by atoms with Crippen molar-refractivity contribution in [2.24, 2.45) is 0 Å². The van der Waals surface area contributed by atoms with Crippen LogP contribution in [0, 0.1) is 0 Å².